The summed E-state index contributed by atoms with van der Waals surface area (Å²) < 4.78 is 10.1. The van der Waals surface area contributed by atoms with Gasteiger partial charge in [-0.2, -0.15) is 0 Å². The average Bonchev–Trinajstić information content (AvgIpc) is 2.90. The molecule has 1 aromatic heterocycles. The topological polar surface area (TPSA) is 77.8 Å². The monoisotopic (exact) mass is 342 g/mol. The van der Waals surface area contributed by atoms with Gasteiger partial charge in [0.2, 0.25) is 5.90 Å². The van der Waals surface area contributed by atoms with Gasteiger partial charge in [-0.25, -0.2) is 9.79 Å². The Bertz CT molecular complexity index is 872. The summed E-state index contributed by atoms with van der Waals surface area (Å²) in [6, 6.07) is 9.82. The zero-order valence-corrected chi connectivity index (χ0v) is 13.3. The fourth-order valence-electron chi connectivity index (χ4n) is 2.00. The lowest BCUT2D eigenvalue weighted by atomic mass is 10.2. The van der Waals surface area contributed by atoms with Gasteiger partial charge in [-0.3, -0.25) is 9.78 Å². The molecule has 0 saturated carbocycles. The first kappa shape index (κ1) is 15.9. The maximum Gasteiger partial charge on any atom is 0.363 e. The van der Waals surface area contributed by atoms with E-state index < -0.39 is 11.9 Å². The first-order chi connectivity index (χ1) is 11.5. The van der Waals surface area contributed by atoms with E-state index in [2.05, 4.69) is 9.98 Å². The number of nitrogens with zero attached hydrogens (tertiary/aromatic N) is 2. The number of rotatable bonds is 3. The molecule has 1 aliphatic heterocycles. The number of pyridine rings is 1. The molecule has 120 valence electrons. The largest absolute Gasteiger partial charge is 0.427 e. The molecule has 0 saturated heterocycles. The minimum Gasteiger partial charge on any atom is -0.427 e. The van der Waals surface area contributed by atoms with Crippen LogP contribution in [0, 0.1) is 0 Å². The molecule has 7 heteroatoms. The summed E-state index contributed by atoms with van der Waals surface area (Å²) in [6.07, 6.45) is 3.07. The van der Waals surface area contributed by atoms with Crippen LogP contribution in [0.15, 0.2) is 53.3 Å². The lowest BCUT2D eigenvalue weighted by Gasteiger charge is -2.00. The maximum absolute atomic E-state index is 11.9. The molecule has 0 spiro atoms. The Hall–Kier alpha value is -2.99. The van der Waals surface area contributed by atoms with Crippen LogP contribution in [0.5, 0.6) is 5.75 Å². The Labute approximate surface area is 142 Å². The minimum absolute atomic E-state index is 0.102. The van der Waals surface area contributed by atoms with Crippen molar-refractivity contribution in [1.29, 1.82) is 0 Å². The number of carbonyl (C=O) groups excluding carboxylic acids is 2. The molecule has 1 aliphatic rings. The highest BCUT2D eigenvalue weighted by molar-refractivity contribution is 6.31. The number of hydrogen-bond donors (Lipinski definition) is 0. The van der Waals surface area contributed by atoms with E-state index >= 15 is 0 Å². The molecule has 0 amide bonds. The summed E-state index contributed by atoms with van der Waals surface area (Å²) >= 11 is 5.89. The van der Waals surface area contributed by atoms with Gasteiger partial charge in [-0.1, -0.05) is 23.7 Å². The number of halogens is 1. The normalized spacial score (nSPS) is 15.2. The molecule has 2 heterocycles. The van der Waals surface area contributed by atoms with Crippen LogP contribution < -0.4 is 4.74 Å². The van der Waals surface area contributed by atoms with Gasteiger partial charge in [0.1, 0.15) is 11.4 Å². The van der Waals surface area contributed by atoms with Crippen molar-refractivity contribution in [2.24, 2.45) is 4.99 Å². The number of esters is 2. The second kappa shape index (κ2) is 6.64. The van der Waals surface area contributed by atoms with Crippen molar-refractivity contribution in [3.05, 3.63) is 64.6 Å². The quantitative estimate of drug-likeness (QED) is 0.487. The van der Waals surface area contributed by atoms with Crippen molar-refractivity contribution in [2.75, 3.05) is 0 Å². The van der Waals surface area contributed by atoms with Crippen LogP contribution in [0.2, 0.25) is 5.02 Å². The number of aromatic nitrogens is 1. The van der Waals surface area contributed by atoms with Crippen LogP contribution in [0.1, 0.15) is 18.2 Å². The molecule has 1 aromatic carbocycles. The average molecular weight is 343 g/mol. The van der Waals surface area contributed by atoms with Gasteiger partial charge < -0.3 is 9.47 Å². The summed E-state index contributed by atoms with van der Waals surface area (Å²) in [5.74, 6) is -0.448. The van der Waals surface area contributed by atoms with Crippen LogP contribution in [0.4, 0.5) is 0 Å². The summed E-state index contributed by atoms with van der Waals surface area (Å²) in [5, 5.41) is 0.470. The summed E-state index contributed by atoms with van der Waals surface area (Å²) in [5.41, 5.74) is 1.23. The number of cyclic esters (lactones) is 1. The van der Waals surface area contributed by atoms with Crippen molar-refractivity contribution < 1.29 is 19.1 Å². The molecule has 6 nitrogen and oxygen atoms in total. The van der Waals surface area contributed by atoms with Gasteiger partial charge in [0.25, 0.3) is 0 Å². The molecule has 0 N–H and O–H groups in total. The second-order valence-electron chi connectivity index (χ2n) is 4.86. The third kappa shape index (κ3) is 3.67. The summed E-state index contributed by atoms with van der Waals surface area (Å²) in [7, 11) is 0. The van der Waals surface area contributed by atoms with E-state index in [4.69, 9.17) is 21.1 Å². The van der Waals surface area contributed by atoms with E-state index in [1.54, 1.807) is 42.5 Å². The van der Waals surface area contributed by atoms with Gasteiger partial charge in [0.05, 0.1) is 0 Å². The number of aliphatic imine (C=N–C) groups is 1. The first-order valence-corrected chi connectivity index (χ1v) is 7.32. The second-order valence-corrected chi connectivity index (χ2v) is 5.29. The Kier molecular flexibility index (Phi) is 4.39. The van der Waals surface area contributed by atoms with Crippen molar-refractivity contribution in [2.45, 2.75) is 6.92 Å². The van der Waals surface area contributed by atoms with Gasteiger partial charge in [0.15, 0.2) is 5.70 Å². The Morgan fingerprint density at radius 2 is 2.00 bits per heavy atom. The highest BCUT2D eigenvalue weighted by atomic mass is 35.5. The lowest BCUT2D eigenvalue weighted by Crippen LogP contribution is -2.07. The molecule has 0 radical (unpaired) electrons. The van der Waals surface area contributed by atoms with Crippen molar-refractivity contribution in [1.82, 2.24) is 4.98 Å². The van der Waals surface area contributed by atoms with Crippen molar-refractivity contribution in [3.63, 3.8) is 0 Å². The van der Waals surface area contributed by atoms with Crippen LogP contribution >= 0.6 is 11.6 Å². The lowest BCUT2D eigenvalue weighted by molar-refractivity contribution is -0.132. The van der Waals surface area contributed by atoms with Gasteiger partial charge >= 0.3 is 11.9 Å². The highest BCUT2D eigenvalue weighted by Gasteiger charge is 2.25. The van der Waals surface area contributed by atoms with Gasteiger partial charge in [0, 0.05) is 18.1 Å². The molecular formula is C17H11ClN2O4. The first-order valence-electron chi connectivity index (χ1n) is 6.94. The van der Waals surface area contributed by atoms with E-state index in [1.807, 2.05) is 0 Å². The van der Waals surface area contributed by atoms with E-state index in [0.717, 1.165) is 0 Å². The molecule has 0 bridgehead atoms. The Morgan fingerprint density at radius 1 is 1.25 bits per heavy atom. The Balaban J connectivity index is 1.84. The van der Waals surface area contributed by atoms with Crippen LogP contribution in [0.25, 0.3) is 6.08 Å². The predicted molar refractivity (Wildman–Crippen MR) is 87.6 cm³/mol. The van der Waals surface area contributed by atoms with Crippen molar-refractivity contribution >= 4 is 35.5 Å². The van der Waals surface area contributed by atoms with E-state index in [0.29, 0.717) is 22.0 Å². The van der Waals surface area contributed by atoms with E-state index in [9.17, 15) is 9.59 Å². The minimum atomic E-state index is -0.573. The third-order valence-corrected chi connectivity index (χ3v) is 3.24. The molecular weight excluding hydrogens is 332 g/mol. The summed E-state index contributed by atoms with van der Waals surface area (Å²) in [4.78, 5) is 31.0. The summed E-state index contributed by atoms with van der Waals surface area (Å²) in [6.45, 7) is 1.32. The number of carbonyl (C=O) groups is 2. The smallest absolute Gasteiger partial charge is 0.363 e. The third-order valence-electron chi connectivity index (χ3n) is 3.01. The zero-order valence-electron chi connectivity index (χ0n) is 12.5. The van der Waals surface area contributed by atoms with Crippen LogP contribution in [0.3, 0.4) is 0 Å². The highest BCUT2D eigenvalue weighted by Crippen LogP contribution is 2.21. The molecule has 24 heavy (non-hydrogen) atoms. The van der Waals surface area contributed by atoms with Crippen LogP contribution in [-0.2, 0) is 14.3 Å². The van der Waals surface area contributed by atoms with E-state index in [1.165, 1.54) is 13.1 Å². The zero-order chi connectivity index (χ0) is 17.1. The maximum atomic E-state index is 11.9. The molecule has 0 aliphatic carbocycles. The SMILES string of the molecule is CC(=O)Oc1ccc(/C=C2\N=C(c3cc(Cl)ccn3)OC2=O)cc1. The molecule has 3 rings (SSSR count). The molecule has 0 unspecified atom stereocenters. The van der Waals surface area contributed by atoms with Gasteiger partial charge in [-0.15, -0.1) is 0 Å². The fraction of sp³-hybridized carbons (Fsp3) is 0.0588. The molecule has 2 aromatic rings. The fourth-order valence-corrected chi connectivity index (χ4v) is 2.16. The molecule has 0 atom stereocenters. The number of hydrogen-bond acceptors (Lipinski definition) is 6. The van der Waals surface area contributed by atoms with Crippen LogP contribution in [-0.4, -0.2) is 22.8 Å². The predicted octanol–water partition coefficient (Wildman–Crippen LogP) is 3.00. The van der Waals surface area contributed by atoms with E-state index in [-0.39, 0.29) is 11.6 Å². The van der Waals surface area contributed by atoms with Gasteiger partial charge in [-0.05, 0) is 35.9 Å². The molecule has 0 fully saturated rings. The Morgan fingerprint density at radius 3 is 2.67 bits per heavy atom. The number of ether oxygens (including phenoxy) is 2. The number of benzene rings is 1. The van der Waals surface area contributed by atoms with Crippen molar-refractivity contribution in [3.8, 4) is 5.75 Å². The standard InChI is InChI=1S/C17H11ClN2O4/c1-10(21)23-13-4-2-11(3-5-13)8-15-17(22)24-16(20-15)14-9-12(18)6-7-19-14/h2-9H,1H3/b15-8-.